The molecule has 1 aliphatic heterocycles. The van der Waals surface area contributed by atoms with Crippen molar-refractivity contribution in [1.82, 2.24) is 0 Å². The summed E-state index contributed by atoms with van der Waals surface area (Å²) in [4.78, 5) is 10.1. The Labute approximate surface area is 133 Å². The number of rotatable bonds is 7. The summed E-state index contributed by atoms with van der Waals surface area (Å²) in [5, 5.41) is 44.6. The molecule has 0 saturated carbocycles. The summed E-state index contributed by atoms with van der Waals surface area (Å²) >= 11 is 1.60. The van der Waals surface area contributed by atoms with Gasteiger partial charge in [0.1, 0.15) is 30.5 Å². The van der Waals surface area contributed by atoms with Gasteiger partial charge in [0.15, 0.2) is 6.29 Å². The van der Waals surface area contributed by atoms with Crippen molar-refractivity contribution in [3.8, 4) is 0 Å². The molecule has 0 bridgehead atoms. The zero-order valence-corrected chi connectivity index (χ0v) is 13.3. The number of hydrogen-bond acceptors (Lipinski definition) is 9. The molecule has 1 rings (SSSR count). The Balaban J connectivity index is 0.000000433. The molecule has 1 saturated heterocycles. The zero-order valence-electron chi connectivity index (χ0n) is 12.5. The molecule has 9 nitrogen and oxygen atoms in total. The molecule has 1 fully saturated rings. The van der Waals surface area contributed by atoms with Gasteiger partial charge in [-0.15, -0.1) is 0 Å². The molecule has 7 N–H and O–H groups in total. The minimum absolute atomic E-state index is 0.537. The quantitative estimate of drug-likeness (QED) is 0.293. The van der Waals surface area contributed by atoms with Gasteiger partial charge < -0.3 is 40.7 Å². The lowest BCUT2D eigenvalue weighted by Gasteiger charge is -2.19. The van der Waals surface area contributed by atoms with Crippen LogP contribution in [0.2, 0.25) is 0 Å². The Hall–Kier alpha value is -0.460. The molecule has 10 heteroatoms. The molecule has 0 aromatic carbocycles. The first-order valence-corrected chi connectivity index (χ1v) is 8.00. The van der Waals surface area contributed by atoms with Crippen molar-refractivity contribution in [3.63, 3.8) is 0 Å². The topological polar surface area (TPSA) is 163 Å². The molecule has 132 valence electrons. The summed E-state index contributed by atoms with van der Waals surface area (Å²) in [6, 6.07) is -0.683. The minimum atomic E-state index is -1.27. The van der Waals surface area contributed by atoms with Crippen molar-refractivity contribution >= 4 is 17.7 Å². The second kappa shape index (κ2) is 11.1. The number of aliphatic hydroxyl groups excluding tert-OH is 4. The average molecular weight is 343 g/mol. The van der Waals surface area contributed by atoms with Crippen LogP contribution in [-0.2, 0) is 14.3 Å². The predicted octanol–water partition coefficient (Wildman–Crippen LogP) is -2.42. The monoisotopic (exact) mass is 343 g/mol. The third kappa shape index (κ3) is 6.75. The first-order chi connectivity index (χ1) is 10.3. The van der Waals surface area contributed by atoms with Crippen LogP contribution in [0.4, 0.5) is 0 Å². The van der Waals surface area contributed by atoms with Crippen molar-refractivity contribution < 1.29 is 39.8 Å². The Morgan fingerprint density at radius 2 is 2.05 bits per heavy atom. The smallest absolute Gasteiger partial charge is 0.320 e. The lowest BCUT2D eigenvalue weighted by molar-refractivity contribution is -0.154. The predicted molar refractivity (Wildman–Crippen MR) is 79.4 cm³/mol. The maximum atomic E-state index is 10.1. The van der Waals surface area contributed by atoms with Gasteiger partial charge in [-0.05, 0) is 18.4 Å². The molecule has 6 atom stereocenters. The molecule has 0 spiro atoms. The Morgan fingerprint density at radius 1 is 1.45 bits per heavy atom. The SMILES string of the molecule is CO[C@H]1C(O)O[C@@H]([C@H](O)CO)[C@@H]1O.CSCCC(N)C(=O)O. The Morgan fingerprint density at radius 3 is 2.41 bits per heavy atom. The fraction of sp³-hybridized carbons (Fsp3) is 0.917. The molecular weight excluding hydrogens is 318 g/mol. The summed E-state index contributed by atoms with van der Waals surface area (Å²) in [6.45, 7) is -0.537. The number of carboxylic acid groups (broad SMARTS) is 1. The summed E-state index contributed by atoms with van der Waals surface area (Å²) < 4.78 is 9.54. The van der Waals surface area contributed by atoms with Crippen LogP contribution >= 0.6 is 11.8 Å². The zero-order chi connectivity index (χ0) is 17.3. The van der Waals surface area contributed by atoms with Crippen molar-refractivity contribution in [1.29, 1.82) is 0 Å². The van der Waals surface area contributed by atoms with Gasteiger partial charge in [-0.2, -0.15) is 11.8 Å². The van der Waals surface area contributed by atoms with Crippen LogP contribution in [0.15, 0.2) is 0 Å². The van der Waals surface area contributed by atoms with Gasteiger partial charge in [-0.1, -0.05) is 0 Å². The van der Waals surface area contributed by atoms with E-state index in [9.17, 15) is 15.0 Å². The van der Waals surface area contributed by atoms with Crippen molar-refractivity contribution in [2.75, 3.05) is 25.7 Å². The highest BCUT2D eigenvalue weighted by molar-refractivity contribution is 7.98. The number of aliphatic carboxylic acids is 1. The molecule has 0 aromatic heterocycles. The van der Waals surface area contributed by atoms with Crippen molar-refractivity contribution in [2.24, 2.45) is 5.73 Å². The van der Waals surface area contributed by atoms with Gasteiger partial charge >= 0.3 is 5.97 Å². The first kappa shape index (κ1) is 21.5. The highest BCUT2D eigenvalue weighted by Crippen LogP contribution is 2.24. The summed E-state index contributed by atoms with van der Waals surface area (Å²) in [5.41, 5.74) is 5.19. The lowest BCUT2D eigenvalue weighted by Crippen LogP contribution is -2.41. The molecule has 2 unspecified atom stereocenters. The standard InChI is InChI=1S/C7H14O6.C5H11NO2S/c1-12-6-4(10)5(3(9)2-8)13-7(6)11;1-9-3-2-4(6)5(7)8/h3-11H,2H2,1H3;4H,2-3,6H2,1H3,(H,7,8)/t3-,4+,5+,6-,7?;/m1./s1. The molecular formula is C12H25NO8S. The Bertz CT molecular complexity index is 322. The van der Waals surface area contributed by atoms with E-state index < -0.39 is 49.3 Å². The van der Waals surface area contributed by atoms with Crippen LogP contribution in [0.3, 0.4) is 0 Å². The van der Waals surface area contributed by atoms with Gasteiger partial charge in [0.05, 0.1) is 6.61 Å². The number of carbonyl (C=O) groups is 1. The van der Waals surface area contributed by atoms with E-state index in [-0.39, 0.29) is 0 Å². The second-order valence-corrected chi connectivity index (χ2v) is 5.64. The van der Waals surface area contributed by atoms with E-state index in [0.717, 1.165) is 5.75 Å². The number of nitrogens with two attached hydrogens (primary N) is 1. The average Bonchev–Trinajstić information content (AvgIpc) is 2.78. The normalized spacial score (nSPS) is 30.3. The fourth-order valence-corrected chi connectivity index (χ4v) is 2.21. The van der Waals surface area contributed by atoms with E-state index in [4.69, 9.17) is 30.5 Å². The van der Waals surface area contributed by atoms with Crippen LogP contribution in [0.1, 0.15) is 6.42 Å². The van der Waals surface area contributed by atoms with Crippen LogP contribution < -0.4 is 5.73 Å². The summed E-state index contributed by atoms with van der Waals surface area (Å²) in [6.07, 6.45) is -3.04. The van der Waals surface area contributed by atoms with E-state index in [1.807, 2.05) is 6.26 Å². The molecule has 1 heterocycles. The van der Waals surface area contributed by atoms with E-state index >= 15 is 0 Å². The number of hydrogen-bond donors (Lipinski definition) is 6. The lowest BCUT2D eigenvalue weighted by atomic mass is 10.1. The maximum absolute atomic E-state index is 10.1. The van der Waals surface area contributed by atoms with E-state index in [2.05, 4.69) is 0 Å². The molecule has 0 aliphatic carbocycles. The molecule has 0 amide bonds. The van der Waals surface area contributed by atoms with E-state index in [0.29, 0.717) is 6.42 Å². The van der Waals surface area contributed by atoms with Gasteiger partial charge in [0, 0.05) is 7.11 Å². The van der Waals surface area contributed by atoms with Crippen molar-refractivity contribution in [3.05, 3.63) is 0 Å². The van der Waals surface area contributed by atoms with E-state index in [1.54, 1.807) is 11.8 Å². The summed E-state index contributed by atoms with van der Waals surface area (Å²) in [5.74, 6) is -0.1000. The fourth-order valence-electron chi connectivity index (χ4n) is 1.72. The van der Waals surface area contributed by atoms with Crippen LogP contribution in [0.25, 0.3) is 0 Å². The van der Waals surface area contributed by atoms with Gasteiger partial charge in [0.25, 0.3) is 0 Å². The number of thioether (sulfide) groups is 1. The third-order valence-electron chi connectivity index (χ3n) is 3.04. The number of ether oxygens (including phenoxy) is 2. The van der Waals surface area contributed by atoms with Crippen LogP contribution in [0, 0.1) is 0 Å². The minimum Gasteiger partial charge on any atom is -0.480 e. The molecule has 1 aliphatic rings. The molecule has 0 aromatic rings. The van der Waals surface area contributed by atoms with E-state index in [1.165, 1.54) is 7.11 Å². The largest absolute Gasteiger partial charge is 0.480 e. The highest BCUT2D eigenvalue weighted by Gasteiger charge is 2.46. The van der Waals surface area contributed by atoms with Crippen LogP contribution in [0.5, 0.6) is 0 Å². The number of aliphatic hydroxyl groups is 4. The third-order valence-corrected chi connectivity index (χ3v) is 3.68. The van der Waals surface area contributed by atoms with Gasteiger partial charge in [-0.3, -0.25) is 4.79 Å². The number of methoxy groups -OCH3 is 1. The maximum Gasteiger partial charge on any atom is 0.320 e. The van der Waals surface area contributed by atoms with Crippen molar-refractivity contribution in [2.45, 2.75) is 43.2 Å². The number of carboxylic acids is 1. The highest BCUT2D eigenvalue weighted by atomic mass is 32.2. The molecule has 22 heavy (non-hydrogen) atoms. The Kier molecular flexibility index (Phi) is 10.9. The second-order valence-electron chi connectivity index (χ2n) is 4.66. The first-order valence-electron chi connectivity index (χ1n) is 6.60. The molecule has 0 radical (unpaired) electrons. The van der Waals surface area contributed by atoms with Gasteiger partial charge in [0.2, 0.25) is 0 Å². The van der Waals surface area contributed by atoms with Crippen LogP contribution in [-0.4, -0.2) is 94.0 Å². The summed E-state index contributed by atoms with van der Waals surface area (Å²) in [7, 11) is 1.31. The van der Waals surface area contributed by atoms with Gasteiger partial charge in [-0.25, -0.2) is 0 Å².